The number of nitrogens with zero attached hydrogens (tertiary/aromatic N) is 1. The van der Waals surface area contributed by atoms with Crippen molar-refractivity contribution in [1.29, 1.82) is 0 Å². The van der Waals surface area contributed by atoms with Gasteiger partial charge in [0.15, 0.2) is 0 Å². The van der Waals surface area contributed by atoms with Crippen molar-refractivity contribution in [1.82, 2.24) is 10.2 Å². The van der Waals surface area contributed by atoms with Gasteiger partial charge in [-0.25, -0.2) is 0 Å². The summed E-state index contributed by atoms with van der Waals surface area (Å²) in [7, 11) is 2.26. The molecule has 0 heterocycles. The average molecular weight is 309 g/mol. The van der Waals surface area contributed by atoms with Crippen molar-refractivity contribution in [2.75, 3.05) is 26.7 Å². The quantitative estimate of drug-likeness (QED) is 0.797. The Morgan fingerprint density at radius 1 is 1.24 bits per heavy atom. The molecule has 0 saturated heterocycles. The number of halogens is 1. The predicted octanol–water partition coefficient (Wildman–Crippen LogP) is 4.50. The van der Waals surface area contributed by atoms with E-state index in [-0.39, 0.29) is 0 Å². The molecule has 1 N–H and O–H groups in total. The molecular weight excluding hydrogens is 280 g/mol. The summed E-state index contributed by atoms with van der Waals surface area (Å²) in [5, 5.41) is 4.39. The lowest BCUT2D eigenvalue weighted by Gasteiger charge is -2.37. The van der Waals surface area contributed by atoms with Crippen molar-refractivity contribution < 1.29 is 0 Å². The van der Waals surface area contributed by atoms with Gasteiger partial charge in [0.25, 0.3) is 0 Å². The maximum Gasteiger partial charge on any atom is 0.0406 e. The Hall–Kier alpha value is -0.570. The Morgan fingerprint density at radius 3 is 2.43 bits per heavy atom. The highest BCUT2D eigenvalue weighted by atomic mass is 35.5. The molecule has 1 saturated carbocycles. The molecule has 21 heavy (non-hydrogen) atoms. The number of hydrogen-bond acceptors (Lipinski definition) is 2. The van der Waals surface area contributed by atoms with Crippen LogP contribution in [0.25, 0.3) is 0 Å². The second-order valence-electron chi connectivity index (χ2n) is 6.63. The predicted molar refractivity (Wildman–Crippen MR) is 91.9 cm³/mol. The molecule has 0 amide bonds. The van der Waals surface area contributed by atoms with Gasteiger partial charge in [-0.3, -0.25) is 4.90 Å². The van der Waals surface area contributed by atoms with Crippen LogP contribution in [-0.2, 0) is 0 Å². The molecule has 1 aliphatic carbocycles. The molecule has 0 bridgehead atoms. The molecule has 2 nitrogen and oxygen atoms in total. The van der Waals surface area contributed by atoms with Gasteiger partial charge in [0.2, 0.25) is 0 Å². The number of nitrogens with one attached hydrogen (secondary N) is 1. The maximum atomic E-state index is 5.99. The number of rotatable bonds is 7. The lowest BCUT2D eigenvalue weighted by Crippen LogP contribution is -2.42. The van der Waals surface area contributed by atoms with Crippen LogP contribution in [0.4, 0.5) is 0 Å². The van der Waals surface area contributed by atoms with Gasteiger partial charge in [-0.1, -0.05) is 43.5 Å². The molecule has 1 fully saturated rings. The number of hydrogen-bond donors (Lipinski definition) is 1. The highest BCUT2D eigenvalue weighted by Gasteiger charge is 2.35. The van der Waals surface area contributed by atoms with Crippen LogP contribution in [-0.4, -0.2) is 31.6 Å². The average Bonchev–Trinajstić information content (AvgIpc) is 2.94. The molecule has 0 spiro atoms. The van der Waals surface area contributed by atoms with Crippen molar-refractivity contribution >= 4 is 11.6 Å². The normalized spacial score (nSPS) is 19.1. The van der Waals surface area contributed by atoms with E-state index in [0.717, 1.165) is 18.1 Å². The second-order valence-corrected chi connectivity index (χ2v) is 7.07. The lowest BCUT2D eigenvalue weighted by molar-refractivity contribution is 0.142. The Bertz CT molecular complexity index is 423. The van der Waals surface area contributed by atoms with Crippen LogP contribution < -0.4 is 5.32 Å². The van der Waals surface area contributed by atoms with E-state index in [0.29, 0.717) is 11.5 Å². The zero-order valence-electron chi connectivity index (χ0n) is 13.7. The third kappa shape index (κ3) is 4.45. The van der Waals surface area contributed by atoms with E-state index in [1.54, 1.807) is 0 Å². The van der Waals surface area contributed by atoms with Crippen LogP contribution in [0.15, 0.2) is 24.3 Å². The van der Waals surface area contributed by atoms with Crippen LogP contribution in [0.2, 0.25) is 5.02 Å². The first-order valence-electron chi connectivity index (χ1n) is 8.23. The highest BCUT2D eigenvalue weighted by Crippen LogP contribution is 2.39. The fourth-order valence-electron chi connectivity index (χ4n) is 3.57. The van der Waals surface area contributed by atoms with Crippen molar-refractivity contribution in [2.24, 2.45) is 5.41 Å². The minimum Gasteiger partial charge on any atom is -0.316 e. The summed E-state index contributed by atoms with van der Waals surface area (Å²) in [6.07, 6.45) is 5.48. The van der Waals surface area contributed by atoms with Gasteiger partial charge in [-0.05, 0) is 56.5 Å². The van der Waals surface area contributed by atoms with E-state index in [2.05, 4.69) is 43.2 Å². The van der Waals surface area contributed by atoms with Gasteiger partial charge < -0.3 is 5.32 Å². The van der Waals surface area contributed by atoms with E-state index < -0.39 is 0 Å². The molecule has 1 aliphatic rings. The van der Waals surface area contributed by atoms with Gasteiger partial charge in [0, 0.05) is 24.2 Å². The van der Waals surface area contributed by atoms with E-state index in [9.17, 15) is 0 Å². The highest BCUT2D eigenvalue weighted by molar-refractivity contribution is 6.30. The molecule has 1 aromatic rings. The van der Waals surface area contributed by atoms with Crippen molar-refractivity contribution in [3.63, 3.8) is 0 Å². The molecule has 0 aliphatic heterocycles. The third-order valence-electron chi connectivity index (χ3n) is 5.01. The smallest absolute Gasteiger partial charge is 0.0406 e. The summed E-state index contributed by atoms with van der Waals surface area (Å²) in [4.78, 5) is 2.51. The van der Waals surface area contributed by atoms with E-state index in [4.69, 9.17) is 11.6 Å². The van der Waals surface area contributed by atoms with Crippen molar-refractivity contribution in [2.45, 2.75) is 45.6 Å². The summed E-state index contributed by atoms with van der Waals surface area (Å²) in [5.41, 5.74) is 1.81. The minimum atomic E-state index is 0.432. The molecule has 3 heteroatoms. The summed E-state index contributed by atoms with van der Waals surface area (Å²) in [5.74, 6) is 0. The van der Waals surface area contributed by atoms with Crippen LogP contribution in [0.1, 0.15) is 51.1 Å². The summed E-state index contributed by atoms with van der Waals surface area (Å²) in [6, 6.07) is 8.71. The Morgan fingerprint density at radius 2 is 1.86 bits per heavy atom. The lowest BCUT2D eigenvalue weighted by atomic mass is 9.85. The zero-order chi connectivity index (χ0) is 15.3. The van der Waals surface area contributed by atoms with E-state index in [1.807, 2.05) is 12.1 Å². The first-order chi connectivity index (χ1) is 10.1. The zero-order valence-corrected chi connectivity index (χ0v) is 14.4. The molecule has 1 unspecified atom stereocenters. The summed E-state index contributed by atoms with van der Waals surface area (Å²) < 4.78 is 0. The summed E-state index contributed by atoms with van der Waals surface area (Å²) >= 11 is 5.99. The Labute approximate surface area is 134 Å². The number of benzene rings is 1. The topological polar surface area (TPSA) is 15.3 Å². The van der Waals surface area contributed by atoms with Crippen LogP contribution in [0, 0.1) is 5.41 Å². The molecule has 0 radical (unpaired) electrons. The maximum absolute atomic E-state index is 5.99. The van der Waals surface area contributed by atoms with E-state index in [1.165, 1.54) is 37.8 Å². The van der Waals surface area contributed by atoms with Gasteiger partial charge in [-0.2, -0.15) is 0 Å². The minimum absolute atomic E-state index is 0.432. The fraction of sp³-hybridized carbons (Fsp3) is 0.667. The molecule has 2 rings (SSSR count). The molecule has 0 aromatic heterocycles. The van der Waals surface area contributed by atoms with Crippen LogP contribution in [0.5, 0.6) is 0 Å². The van der Waals surface area contributed by atoms with Crippen LogP contribution >= 0.6 is 11.6 Å². The van der Waals surface area contributed by atoms with Crippen molar-refractivity contribution in [3.05, 3.63) is 34.9 Å². The molecule has 118 valence electrons. The first kappa shape index (κ1) is 16.8. The van der Waals surface area contributed by atoms with Gasteiger partial charge in [0.1, 0.15) is 0 Å². The molecular formula is C18H29ClN2. The van der Waals surface area contributed by atoms with Crippen molar-refractivity contribution in [3.8, 4) is 0 Å². The standard InChI is InChI=1S/C18H29ClN2/c1-4-20-13-18(11-5-6-12-18)14-21(3)15(2)16-7-9-17(19)10-8-16/h7-10,15,20H,4-6,11-14H2,1-3H3. The first-order valence-corrected chi connectivity index (χ1v) is 8.60. The largest absolute Gasteiger partial charge is 0.316 e. The summed E-state index contributed by atoms with van der Waals surface area (Å²) in [6.45, 7) is 7.88. The monoisotopic (exact) mass is 308 g/mol. The van der Waals surface area contributed by atoms with Gasteiger partial charge in [-0.15, -0.1) is 0 Å². The van der Waals surface area contributed by atoms with Gasteiger partial charge in [0.05, 0.1) is 0 Å². The molecule has 1 aromatic carbocycles. The molecule has 1 atom stereocenters. The SMILES string of the molecule is CCNCC1(CN(C)C(C)c2ccc(Cl)cc2)CCCC1. The Balaban J connectivity index is 2.00. The fourth-order valence-corrected chi connectivity index (χ4v) is 3.69. The van der Waals surface area contributed by atoms with Crippen LogP contribution in [0.3, 0.4) is 0 Å². The second kappa shape index (κ2) is 7.62. The third-order valence-corrected chi connectivity index (χ3v) is 5.26. The van der Waals surface area contributed by atoms with Gasteiger partial charge >= 0.3 is 0 Å². The Kier molecular flexibility index (Phi) is 6.09. The van der Waals surface area contributed by atoms with E-state index >= 15 is 0 Å².